The summed E-state index contributed by atoms with van der Waals surface area (Å²) in [6.07, 6.45) is 3.72. The minimum Gasteiger partial charge on any atom is -0.233 e. The molecule has 46 valence electrons. The molecule has 0 aromatic heterocycles. The highest BCUT2D eigenvalue weighted by atomic mass is 16.1. The number of allylic oxidation sites excluding steroid dienone is 5. The second kappa shape index (κ2) is 2.04. The van der Waals surface area contributed by atoms with Crippen molar-refractivity contribution in [1.29, 1.82) is 0 Å². The van der Waals surface area contributed by atoms with Crippen LogP contribution >= 0.6 is 0 Å². The van der Waals surface area contributed by atoms with E-state index in [9.17, 15) is 4.79 Å². The van der Waals surface area contributed by atoms with Crippen molar-refractivity contribution in [1.82, 2.24) is 0 Å². The molecule has 0 bridgehead atoms. The zero-order valence-corrected chi connectivity index (χ0v) is 5.56. The molecule has 0 N–H and O–H groups in total. The van der Waals surface area contributed by atoms with Crippen LogP contribution in [0.4, 0.5) is 0 Å². The molecule has 0 radical (unpaired) electrons. The first-order valence-corrected chi connectivity index (χ1v) is 2.86. The van der Waals surface area contributed by atoms with Gasteiger partial charge in [0, 0.05) is 0 Å². The predicted molar refractivity (Wildman–Crippen MR) is 36.7 cm³/mol. The fraction of sp³-hybridized carbons (Fsp3) is 0.250. The summed E-state index contributed by atoms with van der Waals surface area (Å²) in [4.78, 5) is 10.1. The second-order valence-electron chi connectivity index (χ2n) is 2.16. The van der Waals surface area contributed by atoms with E-state index in [4.69, 9.17) is 0 Å². The lowest BCUT2D eigenvalue weighted by atomic mass is 10.1. The largest absolute Gasteiger partial charge is 0.233 e. The van der Waals surface area contributed by atoms with Gasteiger partial charge in [0.2, 0.25) is 0 Å². The number of hydrogen-bond acceptors (Lipinski definition) is 1. The summed E-state index contributed by atoms with van der Waals surface area (Å²) in [6.45, 7) is 3.91. The summed E-state index contributed by atoms with van der Waals surface area (Å²) >= 11 is 0. The average Bonchev–Trinajstić information content (AvgIpc) is 2.15. The lowest BCUT2D eigenvalue weighted by molar-refractivity contribution is 0.568. The van der Waals surface area contributed by atoms with Gasteiger partial charge in [0.25, 0.3) is 0 Å². The second-order valence-corrected chi connectivity index (χ2v) is 2.16. The summed E-state index contributed by atoms with van der Waals surface area (Å²) in [5.41, 5.74) is 2.89. The molecular weight excluding hydrogens is 112 g/mol. The molecule has 0 aliphatic heterocycles. The molecule has 0 saturated heterocycles. The molecule has 1 heteroatoms. The van der Waals surface area contributed by atoms with Crippen LogP contribution in [-0.4, -0.2) is 5.94 Å². The summed E-state index contributed by atoms with van der Waals surface area (Å²) in [6, 6.07) is 0. The van der Waals surface area contributed by atoms with E-state index >= 15 is 0 Å². The first-order chi connectivity index (χ1) is 4.25. The summed E-state index contributed by atoms with van der Waals surface area (Å²) in [5.74, 6) is 1.87. The Morgan fingerprint density at radius 1 is 1.33 bits per heavy atom. The van der Waals surface area contributed by atoms with Gasteiger partial charge in [0.1, 0.15) is 5.94 Å². The van der Waals surface area contributed by atoms with E-state index in [2.05, 4.69) is 0 Å². The maximum absolute atomic E-state index is 10.1. The first kappa shape index (κ1) is 6.06. The van der Waals surface area contributed by atoms with Crippen molar-refractivity contribution in [2.75, 3.05) is 0 Å². The normalized spacial score (nSPS) is 16.9. The van der Waals surface area contributed by atoms with Gasteiger partial charge in [-0.15, -0.1) is 0 Å². The Kier molecular flexibility index (Phi) is 1.37. The van der Waals surface area contributed by atoms with Gasteiger partial charge in [-0.3, -0.25) is 0 Å². The van der Waals surface area contributed by atoms with Crippen molar-refractivity contribution in [3.8, 4) is 0 Å². The fourth-order valence-corrected chi connectivity index (χ4v) is 0.781. The van der Waals surface area contributed by atoms with Gasteiger partial charge in [-0.25, -0.2) is 4.79 Å². The van der Waals surface area contributed by atoms with Gasteiger partial charge in [-0.2, -0.15) is 0 Å². The van der Waals surface area contributed by atoms with E-state index in [0.717, 1.165) is 11.1 Å². The van der Waals surface area contributed by atoms with Crippen molar-refractivity contribution in [3.05, 3.63) is 28.9 Å². The Morgan fingerprint density at radius 3 is 2.22 bits per heavy atom. The lowest BCUT2D eigenvalue weighted by Gasteiger charge is -1.89. The van der Waals surface area contributed by atoms with Crippen LogP contribution < -0.4 is 0 Å². The van der Waals surface area contributed by atoms with Crippen LogP contribution in [-0.2, 0) is 4.79 Å². The van der Waals surface area contributed by atoms with Gasteiger partial charge in [-0.05, 0) is 31.1 Å². The molecule has 0 aromatic rings. The molecule has 0 spiro atoms. The third kappa shape index (κ3) is 0.868. The Morgan fingerprint density at radius 2 is 2.00 bits per heavy atom. The van der Waals surface area contributed by atoms with E-state index in [1.165, 1.54) is 0 Å². The van der Waals surface area contributed by atoms with Crippen molar-refractivity contribution < 1.29 is 4.79 Å². The molecule has 1 rings (SSSR count). The minimum atomic E-state index is 0.688. The third-order valence-electron chi connectivity index (χ3n) is 1.61. The highest BCUT2D eigenvalue weighted by molar-refractivity contribution is 5.70. The summed E-state index contributed by atoms with van der Waals surface area (Å²) < 4.78 is 0. The van der Waals surface area contributed by atoms with Crippen molar-refractivity contribution in [2.45, 2.75) is 13.8 Å². The topological polar surface area (TPSA) is 17.1 Å². The van der Waals surface area contributed by atoms with Crippen LogP contribution in [0.3, 0.4) is 0 Å². The van der Waals surface area contributed by atoms with Crippen LogP contribution in [0.2, 0.25) is 0 Å². The monoisotopic (exact) mass is 120 g/mol. The zero-order valence-electron chi connectivity index (χ0n) is 5.56. The Hall–Kier alpha value is -1.07. The zero-order chi connectivity index (χ0) is 6.85. The van der Waals surface area contributed by atoms with Crippen molar-refractivity contribution in [2.24, 2.45) is 0 Å². The number of hydrogen-bond donors (Lipinski definition) is 0. The average molecular weight is 120 g/mol. The van der Waals surface area contributed by atoms with E-state index in [1.807, 2.05) is 25.9 Å². The highest BCUT2D eigenvalue weighted by Gasteiger charge is 2.05. The third-order valence-corrected chi connectivity index (χ3v) is 1.61. The maximum atomic E-state index is 10.1. The van der Waals surface area contributed by atoms with Crippen LogP contribution in [0.15, 0.2) is 28.9 Å². The van der Waals surface area contributed by atoms with Gasteiger partial charge in [0.05, 0.1) is 5.57 Å². The lowest BCUT2D eigenvalue weighted by Crippen LogP contribution is -1.77. The van der Waals surface area contributed by atoms with E-state index in [0.29, 0.717) is 5.57 Å². The van der Waals surface area contributed by atoms with Gasteiger partial charge in [0.15, 0.2) is 0 Å². The van der Waals surface area contributed by atoms with E-state index in [-0.39, 0.29) is 0 Å². The van der Waals surface area contributed by atoms with Crippen LogP contribution in [0.25, 0.3) is 0 Å². The van der Waals surface area contributed by atoms with Gasteiger partial charge in [-0.1, -0.05) is 6.08 Å². The van der Waals surface area contributed by atoms with E-state index < -0.39 is 0 Å². The number of rotatable bonds is 0. The molecule has 0 amide bonds. The van der Waals surface area contributed by atoms with Crippen LogP contribution in [0.5, 0.6) is 0 Å². The molecule has 1 aliphatic rings. The molecule has 0 unspecified atom stereocenters. The van der Waals surface area contributed by atoms with Crippen LogP contribution in [0, 0.1) is 0 Å². The minimum absolute atomic E-state index is 0.688. The Labute approximate surface area is 54.4 Å². The molecule has 9 heavy (non-hydrogen) atoms. The quantitative estimate of drug-likeness (QED) is 0.444. The smallest absolute Gasteiger partial charge is 0.132 e. The maximum Gasteiger partial charge on any atom is 0.132 e. The molecule has 0 saturated carbocycles. The molecule has 0 aromatic carbocycles. The van der Waals surface area contributed by atoms with Crippen LogP contribution in [0.1, 0.15) is 13.8 Å². The van der Waals surface area contributed by atoms with E-state index in [1.54, 1.807) is 6.08 Å². The summed E-state index contributed by atoms with van der Waals surface area (Å²) in [5, 5.41) is 0. The first-order valence-electron chi connectivity index (χ1n) is 2.86. The number of carbonyl (C=O) groups excluding carboxylic acids is 1. The molecule has 0 heterocycles. The Bertz CT molecular complexity index is 237. The molecule has 0 atom stereocenters. The Balaban J connectivity index is 3.15. The fourth-order valence-electron chi connectivity index (χ4n) is 0.781. The van der Waals surface area contributed by atoms with Crippen molar-refractivity contribution in [3.63, 3.8) is 0 Å². The predicted octanol–water partition coefficient (Wildman–Crippen LogP) is 1.65. The summed E-state index contributed by atoms with van der Waals surface area (Å²) in [7, 11) is 0. The standard InChI is InChI=1S/C8H8O/c1-6-3-4-8(5-9)7(6)2/h3-4H,1-2H3. The molecular formula is C8H8O. The molecule has 1 nitrogen and oxygen atoms in total. The van der Waals surface area contributed by atoms with Crippen molar-refractivity contribution >= 4 is 5.94 Å². The van der Waals surface area contributed by atoms with Gasteiger partial charge >= 0.3 is 0 Å². The molecule has 1 aliphatic carbocycles. The highest BCUT2D eigenvalue weighted by Crippen LogP contribution is 2.20. The van der Waals surface area contributed by atoms with Gasteiger partial charge < -0.3 is 0 Å². The SMILES string of the molecule is CC1=C(C)C(=C=O)C=C1. The molecule has 0 fully saturated rings.